The lowest BCUT2D eigenvalue weighted by molar-refractivity contribution is 0.400. The van der Waals surface area contributed by atoms with E-state index in [0.717, 1.165) is 13.0 Å². The van der Waals surface area contributed by atoms with Gasteiger partial charge in [0.2, 0.25) is 10.0 Å². The van der Waals surface area contributed by atoms with Crippen molar-refractivity contribution >= 4 is 33.8 Å². The minimum atomic E-state index is -3.54. The number of nitrogen functional groups attached to an aromatic ring is 1. The second-order valence-corrected chi connectivity index (χ2v) is 6.58. The summed E-state index contributed by atoms with van der Waals surface area (Å²) in [4.78, 5) is 2.21. The Bertz CT molecular complexity index is 535. The van der Waals surface area contributed by atoms with Crippen LogP contribution in [0.25, 0.3) is 0 Å². The van der Waals surface area contributed by atoms with Crippen LogP contribution in [0.5, 0.6) is 0 Å². The van der Waals surface area contributed by atoms with Crippen LogP contribution in [0.15, 0.2) is 23.1 Å². The lowest BCUT2D eigenvalue weighted by Crippen LogP contribution is -2.28. The largest absolute Gasteiger partial charge is 0.399 e. The van der Waals surface area contributed by atoms with Crippen molar-refractivity contribution in [3.8, 4) is 0 Å². The Balaban J connectivity index is 0.00000400. The number of nitrogens with zero attached hydrogens (tertiary/aromatic N) is 1. The minimum Gasteiger partial charge on any atom is -0.399 e. The standard InChI is InChI=1S/C13H24N4O2S.ClH/c1-4-15-12-7-6-11(14)10-13(12)20(18,19)16-8-5-9-17(2)3;/h6-7,10,15-16H,4-5,8-9,14H2,1-3H3;1H. The van der Waals surface area contributed by atoms with Crippen molar-refractivity contribution in [1.29, 1.82) is 0 Å². The maximum atomic E-state index is 12.3. The normalized spacial score (nSPS) is 11.2. The number of anilines is 2. The van der Waals surface area contributed by atoms with Crippen LogP contribution in [0, 0.1) is 0 Å². The van der Waals surface area contributed by atoms with E-state index in [2.05, 4.69) is 10.0 Å². The lowest BCUT2D eigenvalue weighted by Gasteiger charge is -2.14. The van der Waals surface area contributed by atoms with Crippen LogP contribution in [0.1, 0.15) is 13.3 Å². The molecule has 0 aliphatic carbocycles. The molecule has 6 nitrogen and oxygen atoms in total. The monoisotopic (exact) mass is 336 g/mol. The predicted molar refractivity (Wildman–Crippen MR) is 90.6 cm³/mol. The molecular formula is C13H25ClN4O2S. The van der Waals surface area contributed by atoms with E-state index in [0.29, 0.717) is 24.5 Å². The first-order chi connectivity index (χ1) is 9.36. The molecule has 0 saturated heterocycles. The molecule has 0 fully saturated rings. The van der Waals surface area contributed by atoms with Gasteiger partial charge in [0.05, 0.1) is 5.69 Å². The molecular weight excluding hydrogens is 312 g/mol. The van der Waals surface area contributed by atoms with Crippen molar-refractivity contribution in [2.75, 3.05) is 44.8 Å². The molecule has 0 aliphatic heterocycles. The first kappa shape index (κ1) is 20.0. The Labute approximate surface area is 133 Å². The van der Waals surface area contributed by atoms with Crippen LogP contribution in [-0.4, -0.2) is 47.0 Å². The molecule has 8 heteroatoms. The molecule has 0 spiro atoms. The fraction of sp³-hybridized carbons (Fsp3) is 0.538. The van der Waals surface area contributed by atoms with Crippen molar-refractivity contribution in [1.82, 2.24) is 9.62 Å². The van der Waals surface area contributed by atoms with E-state index in [4.69, 9.17) is 5.73 Å². The molecule has 0 unspecified atom stereocenters. The first-order valence-electron chi connectivity index (χ1n) is 6.64. The van der Waals surface area contributed by atoms with Gasteiger partial charge in [0, 0.05) is 18.8 Å². The van der Waals surface area contributed by atoms with Crippen molar-refractivity contribution in [2.45, 2.75) is 18.2 Å². The zero-order valence-corrected chi connectivity index (χ0v) is 14.4. The summed E-state index contributed by atoms with van der Waals surface area (Å²) >= 11 is 0. The van der Waals surface area contributed by atoms with Crippen molar-refractivity contribution in [3.05, 3.63) is 18.2 Å². The van der Waals surface area contributed by atoms with E-state index >= 15 is 0 Å². The zero-order chi connectivity index (χ0) is 15.2. The van der Waals surface area contributed by atoms with Gasteiger partial charge < -0.3 is 16.0 Å². The molecule has 1 aromatic carbocycles. The summed E-state index contributed by atoms with van der Waals surface area (Å²) in [5.74, 6) is 0. The van der Waals surface area contributed by atoms with Crippen LogP contribution >= 0.6 is 12.4 Å². The third kappa shape index (κ3) is 6.52. The number of sulfonamides is 1. The quantitative estimate of drug-likeness (QED) is 0.493. The average molecular weight is 337 g/mol. The van der Waals surface area contributed by atoms with E-state index < -0.39 is 10.0 Å². The van der Waals surface area contributed by atoms with Gasteiger partial charge in [-0.1, -0.05) is 0 Å². The molecule has 4 N–H and O–H groups in total. The number of halogens is 1. The summed E-state index contributed by atoms with van der Waals surface area (Å²) < 4.78 is 27.2. The SMILES string of the molecule is CCNc1ccc(N)cc1S(=O)(=O)NCCCN(C)C.Cl. The van der Waals surface area contributed by atoms with Gasteiger partial charge >= 0.3 is 0 Å². The Morgan fingerprint density at radius 2 is 1.95 bits per heavy atom. The highest BCUT2D eigenvalue weighted by Crippen LogP contribution is 2.23. The third-order valence-corrected chi connectivity index (χ3v) is 4.24. The Kier molecular flexibility index (Phi) is 8.65. The van der Waals surface area contributed by atoms with Gasteiger partial charge in [0.25, 0.3) is 0 Å². The number of hydrogen-bond acceptors (Lipinski definition) is 5. The minimum absolute atomic E-state index is 0. The van der Waals surface area contributed by atoms with Gasteiger partial charge in [-0.05, 0) is 52.2 Å². The Hall–Kier alpha value is -1.02. The van der Waals surface area contributed by atoms with E-state index in [1.807, 2.05) is 25.9 Å². The van der Waals surface area contributed by atoms with Gasteiger partial charge in [0.1, 0.15) is 4.90 Å². The lowest BCUT2D eigenvalue weighted by atomic mass is 10.3. The molecule has 21 heavy (non-hydrogen) atoms. The second kappa shape index (κ2) is 9.09. The Morgan fingerprint density at radius 1 is 1.29 bits per heavy atom. The molecule has 0 bridgehead atoms. The fourth-order valence-electron chi connectivity index (χ4n) is 1.78. The van der Waals surface area contributed by atoms with Gasteiger partial charge in [-0.25, -0.2) is 13.1 Å². The summed E-state index contributed by atoms with van der Waals surface area (Å²) in [5, 5.41) is 3.04. The topological polar surface area (TPSA) is 87.5 Å². The summed E-state index contributed by atoms with van der Waals surface area (Å²) in [6.07, 6.45) is 0.755. The Morgan fingerprint density at radius 3 is 2.52 bits per heavy atom. The molecule has 0 amide bonds. The van der Waals surface area contributed by atoms with E-state index in [-0.39, 0.29) is 17.3 Å². The maximum absolute atomic E-state index is 12.3. The molecule has 0 saturated carbocycles. The smallest absolute Gasteiger partial charge is 0.242 e. The van der Waals surface area contributed by atoms with E-state index in [1.54, 1.807) is 12.1 Å². The maximum Gasteiger partial charge on any atom is 0.242 e. The van der Waals surface area contributed by atoms with Crippen LogP contribution in [-0.2, 0) is 10.0 Å². The predicted octanol–water partition coefficient (Wildman–Crippen LogP) is 1.35. The van der Waals surface area contributed by atoms with Crippen molar-refractivity contribution in [3.63, 3.8) is 0 Å². The molecule has 0 aromatic heterocycles. The molecule has 122 valence electrons. The van der Waals surface area contributed by atoms with Crippen LogP contribution in [0.2, 0.25) is 0 Å². The molecule has 0 aliphatic rings. The first-order valence-corrected chi connectivity index (χ1v) is 8.13. The van der Waals surface area contributed by atoms with E-state index in [9.17, 15) is 8.42 Å². The average Bonchev–Trinajstić information content (AvgIpc) is 2.37. The molecule has 0 atom stereocenters. The highest BCUT2D eigenvalue weighted by Gasteiger charge is 2.18. The zero-order valence-electron chi connectivity index (χ0n) is 12.7. The van der Waals surface area contributed by atoms with Gasteiger partial charge in [-0.2, -0.15) is 0 Å². The molecule has 0 heterocycles. The van der Waals surface area contributed by atoms with Gasteiger partial charge in [0.15, 0.2) is 0 Å². The number of nitrogens with two attached hydrogens (primary N) is 1. The van der Waals surface area contributed by atoms with Crippen molar-refractivity contribution < 1.29 is 8.42 Å². The van der Waals surface area contributed by atoms with Crippen molar-refractivity contribution in [2.24, 2.45) is 0 Å². The highest BCUT2D eigenvalue weighted by molar-refractivity contribution is 7.89. The summed E-state index contributed by atoms with van der Waals surface area (Å²) in [6.45, 7) is 3.80. The highest BCUT2D eigenvalue weighted by atomic mass is 35.5. The van der Waals surface area contributed by atoms with Crippen LogP contribution < -0.4 is 15.8 Å². The molecule has 1 aromatic rings. The molecule has 1 rings (SSSR count). The summed E-state index contributed by atoms with van der Waals surface area (Å²) in [7, 11) is 0.363. The van der Waals surface area contributed by atoms with Gasteiger partial charge in [-0.15, -0.1) is 12.4 Å². The van der Waals surface area contributed by atoms with Crippen LogP contribution in [0.4, 0.5) is 11.4 Å². The van der Waals surface area contributed by atoms with Gasteiger partial charge in [-0.3, -0.25) is 0 Å². The number of benzene rings is 1. The number of rotatable bonds is 8. The summed E-state index contributed by atoms with van der Waals surface area (Å²) in [5.41, 5.74) is 6.69. The summed E-state index contributed by atoms with van der Waals surface area (Å²) in [6, 6.07) is 4.85. The van der Waals surface area contributed by atoms with Crippen LogP contribution in [0.3, 0.4) is 0 Å². The fourth-order valence-corrected chi connectivity index (χ4v) is 3.07. The van der Waals surface area contributed by atoms with E-state index in [1.165, 1.54) is 6.07 Å². The third-order valence-electron chi connectivity index (χ3n) is 2.74. The number of nitrogens with one attached hydrogen (secondary N) is 2. The molecule has 0 radical (unpaired) electrons. The number of hydrogen-bond donors (Lipinski definition) is 3. The second-order valence-electron chi connectivity index (χ2n) is 4.84.